The van der Waals surface area contributed by atoms with Crippen LogP contribution in [0, 0.1) is 22.7 Å². The molecule has 0 aromatic heterocycles. The second kappa shape index (κ2) is 6.02. The summed E-state index contributed by atoms with van der Waals surface area (Å²) in [6.45, 7) is 16.0. The second-order valence-electron chi connectivity index (χ2n) is 8.94. The smallest absolute Gasteiger partial charge is 0.109 e. The van der Waals surface area contributed by atoms with Gasteiger partial charge in [0.2, 0.25) is 0 Å². The average Bonchev–Trinajstić information content (AvgIpc) is 2.43. The standard InChI is InChI=1S/C20H34O3/c1-7-13(2)9-10-14-19(5)12-8-11-18(3,4)16(19)15(21)17(22)20(14,6)23/h7,14-17,21-23H,1-2,8-12H2,3-6H3/t14-,15+,16-,17-,19+,20-/m1/s1. The SMILES string of the molecule is C=CC(=C)CC[C@H]1[C@@](C)(O)[C@H](O)[C@@H](O)[C@@H]2C(C)(C)CCC[C@]21C. The van der Waals surface area contributed by atoms with Gasteiger partial charge in [-0.1, -0.05) is 52.0 Å². The number of hydrogen-bond acceptors (Lipinski definition) is 3. The minimum absolute atomic E-state index is 0.0130. The molecule has 0 saturated heterocycles. The molecule has 3 N–H and O–H groups in total. The molecule has 2 fully saturated rings. The zero-order valence-corrected chi connectivity index (χ0v) is 15.2. The Bertz CT molecular complexity index is 479. The minimum atomic E-state index is -1.29. The first-order chi connectivity index (χ1) is 10.5. The van der Waals surface area contributed by atoms with Gasteiger partial charge in [-0.2, -0.15) is 0 Å². The van der Waals surface area contributed by atoms with E-state index in [-0.39, 0.29) is 22.7 Å². The summed E-state index contributed by atoms with van der Waals surface area (Å²) in [5.74, 6) is -0.0874. The molecule has 0 unspecified atom stereocenters. The minimum Gasteiger partial charge on any atom is -0.390 e. The van der Waals surface area contributed by atoms with E-state index in [1.54, 1.807) is 13.0 Å². The van der Waals surface area contributed by atoms with Crippen molar-refractivity contribution in [1.82, 2.24) is 0 Å². The third kappa shape index (κ3) is 2.92. The van der Waals surface area contributed by atoms with Crippen molar-refractivity contribution in [3.8, 4) is 0 Å². The summed E-state index contributed by atoms with van der Waals surface area (Å²) in [5, 5.41) is 32.5. The lowest BCUT2D eigenvalue weighted by Gasteiger charge is -2.64. The van der Waals surface area contributed by atoms with Crippen molar-refractivity contribution >= 4 is 0 Å². The average molecular weight is 322 g/mol. The van der Waals surface area contributed by atoms with Crippen LogP contribution in [0.25, 0.3) is 0 Å². The fourth-order valence-electron chi connectivity index (χ4n) is 5.83. The normalized spacial score (nSPS) is 46.0. The van der Waals surface area contributed by atoms with E-state index in [4.69, 9.17) is 0 Å². The third-order valence-electron chi connectivity index (χ3n) is 6.90. The molecule has 0 aromatic carbocycles. The Morgan fingerprint density at radius 1 is 1.17 bits per heavy atom. The van der Waals surface area contributed by atoms with Gasteiger partial charge in [-0.3, -0.25) is 0 Å². The summed E-state index contributed by atoms with van der Waals surface area (Å²) in [5.41, 5.74) is -0.570. The molecule has 0 radical (unpaired) electrons. The van der Waals surface area contributed by atoms with Gasteiger partial charge < -0.3 is 15.3 Å². The molecule has 2 rings (SSSR count). The van der Waals surface area contributed by atoms with Crippen LogP contribution in [0.4, 0.5) is 0 Å². The van der Waals surface area contributed by atoms with Crippen LogP contribution in [0.15, 0.2) is 24.8 Å². The number of aliphatic hydroxyl groups is 3. The monoisotopic (exact) mass is 322 g/mol. The summed E-state index contributed by atoms with van der Waals surface area (Å²) in [6.07, 6.45) is 4.40. The number of aliphatic hydroxyl groups excluding tert-OH is 2. The van der Waals surface area contributed by atoms with Gasteiger partial charge in [0.05, 0.1) is 11.7 Å². The van der Waals surface area contributed by atoms with Gasteiger partial charge in [-0.05, 0) is 55.3 Å². The zero-order valence-electron chi connectivity index (χ0n) is 15.2. The first-order valence-electron chi connectivity index (χ1n) is 8.87. The van der Waals surface area contributed by atoms with Crippen molar-refractivity contribution in [2.24, 2.45) is 22.7 Å². The Balaban J connectivity index is 2.43. The number of allylic oxidation sites excluding steroid dienone is 2. The summed E-state index contributed by atoms with van der Waals surface area (Å²) < 4.78 is 0. The second-order valence-corrected chi connectivity index (χ2v) is 8.94. The van der Waals surface area contributed by atoms with E-state index in [0.717, 1.165) is 37.7 Å². The molecule has 0 aliphatic heterocycles. The molecule has 2 aliphatic carbocycles. The van der Waals surface area contributed by atoms with E-state index in [0.29, 0.717) is 0 Å². The lowest BCUT2D eigenvalue weighted by Crippen LogP contribution is -2.69. The zero-order chi connectivity index (χ0) is 17.6. The summed E-state index contributed by atoms with van der Waals surface area (Å²) in [7, 11) is 0. The molecular formula is C20H34O3. The number of rotatable bonds is 4. The van der Waals surface area contributed by atoms with Gasteiger partial charge in [-0.25, -0.2) is 0 Å². The van der Waals surface area contributed by atoms with E-state index in [2.05, 4.69) is 33.9 Å². The molecule has 0 bridgehead atoms. The van der Waals surface area contributed by atoms with Crippen LogP contribution in [-0.4, -0.2) is 33.1 Å². The highest BCUT2D eigenvalue weighted by Gasteiger charge is 2.64. The van der Waals surface area contributed by atoms with Crippen molar-refractivity contribution in [3.05, 3.63) is 24.8 Å². The maximum atomic E-state index is 11.1. The molecule has 23 heavy (non-hydrogen) atoms. The van der Waals surface area contributed by atoms with Crippen LogP contribution >= 0.6 is 0 Å². The lowest BCUT2D eigenvalue weighted by atomic mass is 9.43. The first kappa shape index (κ1) is 18.7. The van der Waals surface area contributed by atoms with Crippen LogP contribution in [0.1, 0.15) is 59.8 Å². The Kier molecular flexibility index (Phi) is 4.89. The largest absolute Gasteiger partial charge is 0.390 e. The van der Waals surface area contributed by atoms with Crippen LogP contribution in [0.5, 0.6) is 0 Å². The van der Waals surface area contributed by atoms with Gasteiger partial charge in [0.15, 0.2) is 0 Å². The lowest BCUT2D eigenvalue weighted by molar-refractivity contribution is -0.267. The van der Waals surface area contributed by atoms with Gasteiger partial charge in [-0.15, -0.1) is 0 Å². The molecule has 2 aliphatic rings. The van der Waals surface area contributed by atoms with Crippen molar-refractivity contribution in [1.29, 1.82) is 0 Å². The van der Waals surface area contributed by atoms with E-state index >= 15 is 0 Å². The van der Waals surface area contributed by atoms with Crippen LogP contribution < -0.4 is 0 Å². The molecule has 0 aromatic rings. The van der Waals surface area contributed by atoms with E-state index in [1.807, 2.05) is 0 Å². The van der Waals surface area contributed by atoms with Crippen LogP contribution in [-0.2, 0) is 0 Å². The Hall–Kier alpha value is -0.640. The molecule has 0 spiro atoms. The number of hydrogen-bond donors (Lipinski definition) is 3. The maximum Gasteiger partial charge on any atom is 0.109 e. The third-order valence-corrected chi connectivity index (χ3v) is 6.90. The van der Waals surface area contributed by atoms with Gasteiger partial charge in [0, 0.05) is 0 Å². The molecule has 2 saturated carbocycles. The molecule has 0 heterocycles. The first-order valence-corrected chi connectivity index (χ1v) is 8.87. The van der Waals surface area contributed by atoms with Gasteiger partial charge >= 0.3 is 0 Å². The summed E-state index contributed by atoms with van der Waals surface area (Å²) in [4.78, 5) is 0. The predicted octanol–water partition coefficient (Wildman–Crippen LogP) is 3.44. The highest BCUT2D eigenvalue weighted by molar-refractivity contribution is 5.16. The highest BCUT2D eigenvalue weighted by atomic mass is 16.4. The molecule has 0 amide bonds. The van der Waals surface area contributed by atoms with Crippen molar-refractivity contribution in [3.63, 3.8) is 0 Å². The quantitative estimate of drug-likeness (QED) is 0.695. The fourth-order valence-corrected chi connectivity index (χ4v) is 5.83. The Morgan fingerprint density at radius 2 is 1.78 bits per heavy atom. The summed E-state index contributed by atoms with van der Waals surface area (Å²) >= 11 is 0. The van der Waals surface area contributed by atoms with Crippen LogP contribution in [0.2, 0.25) is 0 Å². The Labute approximate surface area is 141 Å². The maximum absolute atomic E-state index is 11.1. The van der Waals surface area contributed by atoms with Crippen LogP contribution in [0.3, 0.4) is 0 Å². The highest BCUT2D eigenvalue weighted by Crippen LogP contribution is 2.63. The predicted molar refractivity (Wildman–Crippen MR) is 93.9 cm³/mol. The number of fused-ring (bicyclic) bond motifs is 1. The van der Waals surface area contributed by atoms with E-state index < -0.39 is 17.8 Å². The van der Waals surface area contributed by atoms with E-state index in [1.165, 1.54) is 0 Å². The molecule has 6 atom stereocenters. The topological polar surface area (TPSA) is 60.7 Å². The van der Waals surface area contributed by atoms with Gasteiger partial charge in [0.1, 0.15) is 6.10 Å². The van der Waals surface area contributed by atoms with Gasteiger partial charge in [0.25, 0.3) is 0 Å². The van der Waals surface area contributed by atoms with E-state index in [9.17, 15) is 15.3 Å². The van der Waals surface area contributed by atoms with Crippen molar-refractivity contribution in [2.75, 3.05) is 0 Å². The Morgan fingerprint density at radius 3 is 2.35 bits per heavy atom. The molecular weight excluding hydrogens is 288 g/mol. The fraction of sp³-hybridized carbons (Fsp3) is 0.800. The molecule has 3 heteroatoms. The van der Waals surface area contributed by atoms with Crippen molar-refractivity contribution < 1.29 is 15.3 Å². The molecule has 3 nitrogen and oxygen atoms in total. The summed E-state index contributed by atoms with van der Waals surface area (Å²) in [6, 6.07) is 0. The van der Waals surface area contributed by atoms with Crippen molar-refractivity contribution in [2.45, 2.75) is 77.6 Å². The molecule has 132 valence electrons.